The molecule has 0 amide bonds. The fourth-order valence-corrected chi connectivity index (χ4v) is 5.02. The maximum Gasteiger partial charge on any atom is 0.163 e. The smallest absolute Gasteiger partial charge is 0.163 e. The van der Waals surface area contributed by atoms with Crippen LogP contribution in [0.4, 0.5) is 0 Å². The van der Waals surface area contributed by atoms with Crippen molar-refractivity contribution in [2.75, 3.05) is 20.2 Å². The number of hydrogen-bond acceptors (Lipinski definition) is 5. The summed E-state index contributed by atoms with van der Waals surface area (Å²) < 4.78 is 11.9. The molecule has 2 aromatic rings. The number of likely N-dealkylation sites (tertiary alicyclic amines) is 1. The van der Waals surface area contributed by atoms with E-state index in [-0.39, 0.29) is 11.9 Å². The second kappa shape index (κ2) is 6.89. The lowest BCUT2D eigenvalue weighted by Gasteiger charge is -2.46. The van der Waals surface area contributed by atoms with Crippen LogP contribution in [0.5, 0.6) is 0 Å². The van der Waals surface area contributed by atoms with E-state index in [0.717, 1.165) is 43.8 Å². The standard InChI is InChI=1S/C20H22N2O2S/c1-23-19-12-18-17(11-16(13-21)25-18)20(24-19)7-9-22(10-8-20)14-15-5-3-2-4-6-15/h2-6,11,19H,7-10,12,14H2,1H3. The summed E-state index contributed by atoms with van der Waals surface area (Å²) >= 11 is 1.59. The van der Waals surface area contributed by atoms with Crippen LogP contribution in [0.25, 0.3) is 0 Å². The molecule has 4 rings (SSSR count). The Morgan fingerprint density at radius 3 is 2.76 bits per heavy atom. The van der Waals surface area contributed by atoms with Gasteiger partial charge in [-0.3, -0.25) is 4.90 Å². The average Bonchev–Trinajstić information content (AvgIpc) is 3.09. The van der Waals surface area contributed by atoms with Gasteiger partial charge in [0, 0.05) is 38.0 Å². The molecule has 3 heterocycles. The number of benzene rings is 1. The quantitative estimate of drug-likeness (QED) is 0.844. The molecule has 4 nitrogen and oxygen atoms in total. The highest BCUT2D eigenvalue weighted by Gasteiger charge is 2.45. The maximum absolute atomic E-state index is 9.28. The Bertz CT molecular complexity index is 773. The molecule has 0 saturated carbocycles. The van der Waals surface area contributed by atoms with Crippen molar-refractivity contribution < 1.29 is 9.47 Å². The van der Waals surface area contributed by atoms with Crippen LogP contribution in [0.3, 0.4) is 0 Å². The summed E-state index contributed by atoms with van der Waals surface area (Å²) in [4.78, 5) is 4.51. The van der Waals surface area contributed by atoms with E-state index in [1.165, 1.54) is 16.0 Å². The minimum Gasteiger partial charge on any atom is -0.355 e. The first-order chi connectivity index (χ1) is 12.2. The van der Waals surface area contributed by atoms with Crippen molar-refractivity contribution >= 4 is 11.3 Å². The Labute approximate surface area is 152 Å². The highest BCUT2D eigenvalue weighted by molar-refractivity contribution is 7.12. The Kier molecular flexibility index (Phi) is 4.61. The third kappa shape index (κ3) is 3.23. The first kappa shape index (κ1) is 16.7. The van der Waals surface area contributed by atoms with Crippen LogP contribution < -0.4 is 0 Å². The van der Waals surface area contributed by atoms with E-state index in [9.17, 15) is 5.26 Å². The number of nitrogens with zero attached hydrogens (tertiary/aromatic N) is 2. The van der Waals surface area contributed by atoms with Gasteiger partial charge in [-0.05, 0) is 30.0 Å². The monoisotopic (exact) mass is 354 g/mol. The number of hydrogen-bond donors (Lipinski definition) is 0. The molecule has 25 heavy (non-hydrogen) atoms. The molecule has 2 aliphatic rings. The van der Waals surface area contributed by atoms with Gasteiger partial charge >= 0.3 is 0 Å². The van der Waals surface area contributed by atoms with Crippen molar-refractivity contribution in [2.24, 2.45) is 0 Å². The van der Waals surface area contributed by atoms with Crippen LogP contribution in [-0.2, 0) is 28.0 Å². The fraction of sp³-hybridized carbons (Fsp3) is 0.450. The molecule has 0 bridgehead atoms. The van der Waals surface area contributed by atoms with Gasteiger partial charge in [-0.1, -0.05) is 30.3 Å². The molecule has 1 saturated heterocycles. The van der Waals surface area contributed by atoms with Crippen LogP contribution in [0.15, 0.2) is 36.4 Å². The lowest BCUT2D eigenvalue weighted by Crippen LogP contribution is -2.48. The van der Waals surface area contributed by atoms with Gasteiger partial charge in [-0.2, -0.15) is 5.26 Å². The summed E-state index contributed by atoms with van der Waals surface area (Å²) in [6.07, 6.45) is 2.41. The van der Waals surface area contributed by atoms with Gasteiger partial charge in [-0.25, -0.2) is 0 Å². The topological polar surface area (TPSA) is 45.5 Å². The molecule has 5 heteroatoms. The number of nitriles is 1. The molecule has 1 fully saturated rings. The zero-order valence-corrected chi connectivity index (χ0v) is 15.2. The second-order valence-corrected chi connectivity index (χ2v) is 7.94. The lowest BCUT2D eigenvalue weighted by molar-refractivity contribution is -0.226. The Morgan fingerprint density at radius 2 is 2.08 bits per heavy atom. The van der Waals surface area contributed by atoms with Crippen LogP contribution in [0.2, 0.25) is 0 Å². The van der Waals surface area contributed by atoms with Crippen LogP contribution in [0.1, 0.15) is 33.7 Å². The van der Waals surface area contributed by atoms with Gasteiger partial charge in [0.25, 0.3) is 0 Å². The van der Waals surface area contributed by atoms with E-state index >= 15 is 0 Å². The van der Waals surface area contributed by atoms with E-state index in [2.05, 4.69) is 41.3 Å². The van der Waals surface area contributed by atoms with E-state index in [0.29, 0.717) is 0 Å². The largest absolute Gasteiger partial charge is 0.355 e. The van der Waals surface area contributed by atoms with Crippen LogP contribution in [0, 0.1) is 11.3 Å². The van der Waals surface area contributed by atoms with Crippen molar-refractivity contribution in [3.05, 3.63) is 57.3 Å². The second-order valence-electron chi connectivity index (χ2n) is 6.80. The van der Waals surface area contributed by atoms with E-state index in [1.54, 1.807) is 18.4 Å². The maximum atomic E-state index is 9.28. The first-order valence-corrected chi connectivity index (χ1v) is 9.54. The van der Waals surface area contributed by atoms with Gasteiger partial charge in [-0.15, -0.1) is 11.3 Å². The summed E-state index contributed by atoms with van der Waals surface area (Å²) in [5, 5.41) is 9.28. The zero-order valence-electron chi connectivity index (χ0n) is 14.4. The molecule has 2 aliphatic heterocycles. The minimum absolute atomic E-state index is 0.210. The van der Waals surface area contributed by atoms with Gasteiger partial charge in [0.05, 0.1) is 5.60 Å². The number of methoxy groups -OCH3 is 1. The highest BCUT2D eigenvalue weighted by atomic mass is 32.1. The number of piperidine rings is 1. The average molecular weight is 354 g/mol. The normalized spacial score (nSPS) is 22.5. The molecule has 0 radical (unpaired) electrons. The molecule has 1 aromatic carbocycles. The molecule has 1 aromatic heterocycles. The summed E-state index contributed by atoms with van der Waals surface area (Å²) in [6, 6.07) is 14.9. The Balaban J connectivity index is 1.53. The Hall–Kier alpha value is -1.71. The third-order valence-electron chi connectivity index (χ3n) is 5.29. The predicted octanol–water partition coefficient (Wildman–Crippen LogP) is 3.66. The van der Waals surface area contributed by atoms with Crippen molar-refractivity contribution in [3.63, 3.8) is 0 Å². The third-order valence-corrected chi connectivity index (χ3v) is 6.36. The van der Waals surface area contributed by atoms with Gasteiger partial charge in [0.2, 0.25) is 0 Å². The van der Waals surface area contributed by atoms with Gasteiger partial charge in [0.1, 0.15) is 10.9 Å². The Morgan fingerprint density at radius 1 is 1.32 bits per heavy atom. The summed E-state index contributed by atoms with van der Waals surface area (Å²) in [6.45, 7) is 2.95. The van der Waals surface area contributed by atoms with E-state index in [4.69, 9.17) is 9.47 Å². The minimum atomic E-state index is -0.299. The molecule has 1 unspecified atom stereocenters. The summed E-state index contributed by atoms with van der Waals surface area (Å²) in [5.41, 5.74) is 2.27. The summed E-state index contributed by atoms with van der Waals surface area (Å²) in [7, 11) is 1.70. The lowest BCUT2D eigenvalue weighted by atomic mass is 9.82. The first-order valence-electron chi connectivity index (χ1n) is 8.72. The molecular weight excluding hydrogens is 332 g/mol. The van der Waals surface area contributed by atoms with Crippen LogP contribution >= 0.6 is 11.3 Å². The molecule has 0 N–H and O–H groups in total. The molecule has 0 aliphatic carbocycles. The van der Waals surface area contributed by atoms with Gasteiger partial charge < -0.3 is 9.47 Å². The van der Waals surface area contributed by atoms with Crippen molar-refractivity contribution in [1.82, 2.24) is 4.90 Å². The number of thiophene rings is 1. The predicted molar refractivity (Wildman–Crippen MR) is 97.3 cm³/mol. The summed E-state index contributed by atoms with van der Waals surface area (Å²) in [5.74, 6) is 0. The SMILES string of the molecule is COC1Cc2sc(C#N)cc2C2(CCN(Cc3ccccc3)CC2)O1. The number of ether oxygens (including phenoxy) is 2. The van der Waals surface area contributed by atoms with Crippen molar-refractivity contribution in [3.8, 4) is 6.07 Å². The van der Waals surface area contributed by atoms with Crippen LogP contribution in [-0.4, -0.2) is 31.4 Å². The fourth-order valence-electron chi connectivity index (χ4n) is 3.96. The highest BCUT2D eigenvalue weighted by Crippen LogP contribution is 2.46. The number of fused-ring (bicyclic) bond motifs is 2. The van der Waals surface area contributed by atoms with E-state index < -0.39 is 0 Å². The zero-order chi connectivity index (χ0) is 17.3. The number of rotatable bonds is 3. The molecule has 130 valence electrons. The molecule has 1 spiro atoms. The molecule has 1 atom stereocenters. The van der Waals surface area contributed by atoms with Crippen molar-refractivity contribution in [2.45, 2.75) is 37.7 Å². The van der Waals surface area contributed by atoms with E-state index in [1.807, 2.05) is 6.07 Å². The van der Waals surface area contributed by atoms with Gasteiger partial charge in [0.15, 0.2) is 6.29 Å². The molecular formula is C20H22N2O2S. The van der Waals surface area contributed by atoms with Crippen molar-refractivity contribution in [1.29, 1.82) is 5.26 Å².